The average molecular weight is 335 g/mol. The molecule has 0 saturated heterocycles. The number of hydrogen-bond acceptors (Lipinski definition) is 2. The Labute approximate surface area is 140 Å². The second-order valence-electron chi connectivity index (χ2n) is 5.43. The summed E-state index contributed by atoms with van der Waals surface area (Å²) in [6.45, 7) is 3.85. The number of carbonyl (C=O) groups is 1. The lowest BCUT2D eigenvalue weighted by Crippen LogP contribution is -2.32. The lowest BCUT2D eigenvalue weighted by molar-refractivity contribution is -0.116. The molecule has 2 rings (SSSR count). The maximum Gasteiger partial charge on any atom is 0.246 e. The van der Waals surface area contributed by atoms with Gasteiger partial charge in [-0.15, -0.1) is 0 Å². The Bertz CT molecular complexity index is 673. The third-order valence-electron chi connectivity index (χ3n) is 3.46. The third kappa shape index (κ3) is 4.96. The summed E-state index contributed by atoms with van der Waals surface area (Å²) in [5.41, 5.74) is 2.18. The summed E-state index contributed by atoms with van der Waals surface area (Å²) >= 11 is 5.82. The van der Waals surface area contributed by atoms with Crippen molar-refractivity contribution < 1.29 is 9.18 Å². The van der Waals surface area contributed by atoms with E-state index in [0.717, 1.165) is 18.5 Å². The molecule has 0 bridgehead atoms. The van der Waals surface area contributed by atoms with Crippen molar-refractivity contribution in [3.63, 3.8) is 0 Å². The summed E-state index contributed by atoms with van der Waals surface area (Å²) in [6.07, 6.45) is 2.13. The molecular weight excluding hydrogens is 315 g/mol. The van der Waals surface area contributed by atoms with Crippen LogP contribution < -0.4 is 10.6 Å². The van der Waals surface area contributed by atoms with E-state index in [2.05, 4.69) is 17.6 Å². The first-order valence-corrected chi connectivity index (χ1v) is 7.98. The molecule has 3 nitrogen and oxygen atoms in total. The smallest absolute Gasteiger partial charge is 0.246 e. The molecule has 1 atom stereocenters. The Hall–Kier alpha value is -2.07. The number of halogens is 2. The molecule has 0 aliphatic carbocycles. The molecule has 0 aromatic heterocycles. The van der Waals surface area contributed by atoms with Crippen LogP contribution in [0.15, 0.2) is 42.5 Å². The minimum Gasteiger partial charge on any atom is -0.374 e. The Morgan fingerprint density at radius 3 is 2.57 bits per heavy atom. The molecule has 0 aliphatic rings. The quantitative estimate of drug-likeness (QED) is 0.791. The fourth-order valence-corrected chi connectivity index (χ4v) is 2.38. The second kappa shape index (κ2) is 7.97. The van der Waals surface area contributed by atoms with Crippen LogP contribution in [0.2, 0.25) is 5.02 Å². The highest BCUT2D eigenvalue weighted by Gasteiger charge is 2.15. The van der Waals surface area contributed by atoms with Crippen molar-refractivity contribution in [1.82, 2.24) is 0 Å². The van der Waals surface area contributed by atoms with Crippen LogP contribution >= 0.6 is 11.6 Å². The van der Waals surface area contributed by atoms with Gasteiger partial charge >= 0.3 is 0 Å². The molecule has 23 heavy (non-hydrogen) atoms. The van der Waals surface area contributed by atoms with E-state index in [4.69, 9.17) is 11.6 Å². The largest absolute Gasteiger partial charge is 0.374 e. The molecular formula is C18H20ClFN2O. The Balaban J connectivity index is 1.98. The van der Waals surface area contributed by atoms with Gasteiger partial charge in [-0.3, -0.25) is 4.79 Å². The zero-order valence-electron chi connectivity index (χ0n) is 13.2. The molecule has 0 heterocycles. The summed E-state index contributed by atoms with van der Waals surface area (Å²) in [6, 6.07) is 11.5. The van der Waals surface area contributed by atoms with Gasteiger partial charge in [-0.05, 0) is 49.2 Å². The van der Waals surface area contributed by atoms with Gasteiger partial charge < -0.3 is 10.6 Å². The molecule has 0 fully saturated rings. The van der Waals surface area contributed by atoms with Crippen LogP contribution in [0.3, 0.4) is 0 Å². The highest BCUT2D eigenvalue weighted by atomic mass is 35.5. The Kier molecular flexibility index (Phi) is 5.99. The van der Waals surface area contributed by atoms with E-state index >= 15 is 0 Å². The molecule has 2 N–H and O–H groups in total. The lowest BCUT2D eigenvalue weighted by atomic mass is 10.1. The first-order chi connectivity index (χ1) is 11.0. The summed E-state index contributed by atoms with van der Waals surface area (Å²) < 4.78 is 13.6. The van der Waals surface area contributed by atoms with E-state index in [1.54, 1.807) is 6.92 Å². The summed E-state index contributed by atoms with van der Waals surface area (Å²) in [4.78, 5) is 12.2. The van der Waals surface area contributed by atoms with Gasteiger partial charge in [0.25, 0.3) is 0 Å². The number of hydrogen-bond donors (Lipinski definition) is 2. The number of rotatable bonds is 6. The van der Waals surface area contributed by atoms with E-state index in [9.17, 15) is 9.18 Å². The first kappa shape index (κ1) is 17.3. The average Bonchev–Trinajstić information content (AvgIpc) is 2.53. The zero-order valence-corrected chi connectivity index (χ0v) is 14.0. The minimum atomic E-state index is -0.515. The zero-order chi connectivity index (χ0) is 16.8. The Morgan fingerprint density at radius 1 is 1.22 bits per heavy atom. The lowest BCUT2D eigenvalue weighted by Gasteiger charge is -2.16. The third-order valence-corrected chi connectivity index (χ3v) is 3.69. The topological polar surface area (TPSA) is 41.1 Å². The van der Waals surface area contributed by atoms with E-state index in [-0.39, 0.29) is 11.6 Å². The SMILES string of the molecule is CCCc1ccc(NC(C)C(=O)Nc2cc(Cl)ccc2F)cc1. The van der Waals surface area contributed by atoms with Gasteiger partial charge in [0.15, 0.2) is 0 Å². The maximum absolute atomic E-state index is 13.6. The highest BCUT2D eigenvalue weighted by Crippen LogP contribution is 2.20. The molecule has 0 saturated carbocycles. The van der Waals surface area contributed by atoms with Gasteiger partial charge in [-0.2, -0.15) is 0 Å². The molecule has 0 spiro atoms. The van der Waals surface area contributed by atoms with E-state index in [0.29, 0.717) is 5.02 Å². The summed E-state index contributed by atoms with van der Waals surface area (Å²) in [7, 11) is 0. The van der Waals surface area contributed by atoms with Crippen molar-refractivity contribution in [2.75, 3.05) is 10.6 Å². The predicted octanol–water partition coefficient (Wildman–Crippen LogP) is 4.87. The van der Waals surface area contributed by atoms with Crippen LogP contribution in [-0.4, -0.2) is 11.9 Å². The van der Waals surface area contributed by atoms with Gasteiger partial charge in [-0.1, -0.05) is 37.1 Å². The van der Waals surface area contributed by atoms with Crippen molar-refractivity contribution in [3.8, 4) is 0 Å². The number of amides is 1. The van der Waals surface area contributed by atoms with Crippen molar-refractivity contribution in [1.29, 1.82) is 0 Å². The number of anilines is 2. The molecule has 5 heteroatoms. The molecule has 1 amide bonds. The Morgan fingerprint density at radius 2 is 1.91 bits per heavy atom. The van der Waals surface area contributed by atoms with Crippen LogP contribution in [-0.2, 0) is 11.2 Å². The monoisotopic (exact) mass is 334 g/mol. The number of aryl methyl sites for hydroxylation is 1. The van der Waals surface area contributed by atoms with Gasteiger partial charge in [0.1, 0.15) is 11.9 Å². The standard InChI is InChI=1S/C18H20ClFN2O/c1-3-4-13-5-8-15(9-6-13)21-12(2)18(23)22-17-11-14(19)7-10-16(17)20/h5-12,21H,3-4H2,1-2H3,(H,22,23). The number of nitrogens with one attached hydrogen (secondary N) is 2. The molecule has 0 radical (unpaired) electrons. The molecule has 0 aliphatic heterocycles. The van der Waals surface area contributed by atoms with E-state index in [1.165, 1.54) is 23.8 Å². The second-order valence-corrected chi connectivity index (χ2v) is 5.86. The number of benzene rings is 2. The number of carbonyl (C=O) groups excluding carboxylic acids is 1. The van der Waals surface area contributed by atoms with Gasteiger partial charge in [0.2, 0.25) is 5.91 Å². The van der Waals surface area contributed by atoms with Gasteiger partial charge in [-0.25, -0.2) is 4.39 Å². The van der Waals surface area contributed by atoms with E-state index < -0.39 is 11.9 Å². The highest BCUT2D eigenvalue weighted by molar-refractivity contribution is 6.30. The van der Waals surface area contributed by atoms with Crippen molar-refractivity contribution in [3.05, 3.63) is 58.9 Å². The normalized spacial score (nSPS) is 11.8. The van der Waals surface area contributed by atoms with Gasteiger partial charge in [0, 0.05) is 10.7 Å². The van der Waals surface area contributed by atoms with E-state index in [1.807, 2.05) is 24.3 Å². The summed E-state index contributed by atoms with van der Waals surface area (Å²) in [5, 5.41) is 6.01. The van der Waals surface area contributed by atoms with Crippen molar-refractivity contribution >= 4 is 28.9 Å². The van der Waals surface area contributed by atoms with Crippen LogP contribution in [0.4, 0.5) is 15.8 Å². The van der Waals surface area contributed by atoms with Crippen LogP contribution in [0, 0.1) is 5.82 Å². The van der Waals surface area contributed by atoms with Crippen molar-refractivity contribution in [2.45, 2.75) is 32.7 Å². The molecule has 2 aromatic carbocycles. The fraction of sp³-hybridized carbons (Fsp3) is 0.278. The minimum absolute atomic E-state index is 0.0782. The molecule has 2 aromatic rings. The summed E-state index contributed by atoms with van der Waals surface area (Å²) in [5.74, 6) is -0.845. The maximum atomic E-state index is 13.6. The van der Waals surface area contributed by atoms with Crippen LogP contribution in [0.5, 0.6) is 0 Å². The fourth-order valence-electron chi connectivity index (χ4n) is 2.21. The first-order valence-electron chi connectivity index (χ1n) is 7.61. The van der Waals surface area contributed by atoms with Crippen LogP contribution in [0.25, 0.3) is 0 Å². The van der Waals surface area contributed by atoms with Crippen molar-refractivity contribution in [2.24, 2.45) is 0 Å². The molecule has 1 unspecified atom stereocenters. The van der Waals surface area contributed by atoms with Gasteiger partial charge in [0.05, 0.1) is 5.69 Å². The predicted molar refractivity (Wildman–Crippen MR) is 93.6 cm³/mol. The molecule has 122 valence electrons. The van der Waals surface area contributed by atoms with Crippen LogP contribution in [0.1, 0.15) is 25.8 Å².